The van der Waals surface area contributed by atoms with Crippen LogP contribution in [0.5, 0.6) is 5.75 Å². The molecule has 1 aromatic heterocycles. The normalized spacial score (nSPS) is 15.4. The zero-order valence-electron chi connectivity index (χ0n) is 19.0. The van der Waals surface area contributed by atoms with E-state index in [9.17, 15) is 19.7 Å². The van der Waals surface area contributed by atoms with Gasteiger partial charge in [-0.25, -0.2) is 9.79 Å². The molecule has 11 heteroatoms. The van der Waals surface area contributed by atoms with Crippen molar-refractivity contribution in [1.82, 2.24) is 4.57 Å². The van der Waals surface area contributed by atoms with E-state index in [1.54, 1.807) is 50.3 Å². The van der Waals surface area contributed by atoms with E-state index in [1.165, 1.54) is 23.8 Å². The van der Waals surface area contributed by atoms with Crippen LogP contribution in [0.2, 0.25) is 5.02 Å². The molecule has 0 spiro atoms. The number of carbonyl (C=O) groups is 1. The summed E-state index contributed by atoms with van der Waals surface area (Å²) in [5.74, 6) is -0.472. The number of benzene rings is 2. The smallest absolute Gasteiger partial charge is 0.338 e. The average molecular weight is 514 g/mol. The van der Waals surface area contributed by atoms with E-state index in [0.717, 1.165) is 11.3 Å². The van der Waals surface area contributed by atoms with Crippen molar-refractivity contribution in [2.75, 3.05) is 13.7 Å². The van der Waals surface area contributed by atoms with Crippen molar-refractivity contribution in [1.29, 1.82) is 0 Å². The predicted octanol–water partition coefficient (Wildman–Crippen LogP) is 3.37. The van der Waals surface area contributed by atoms with Crippen LogP contribution < -0.4 is 19.6 Å². The van der Waals surface area contributed by atoms with Gasteiger partial charge >= 0.3 is 11.7 Å². The number of allylic oxidation sites excluding steroid dienone is 1. The summed E-state index contributed by atoms with van der Waals surface area (Å²) in [6, 6.07) is 10.5. The van der Waals surface area contributed by atoms with Gasteiger partial charge in [0.05, 0.1) is 34.4 Å². The van der Waals surface area contributed by atoms with Gasteiger partial charge in [0, 0.05) is 11.1 Å². The van der Waals surface area contributed by atoms with Gasteiger partial charge in [0.2, 0.25) is 0 Å². The molecule has 0 bridgehead atoms. The number of nitro benzene ring substituents is 1. The monoisotopic (exact) mass is 513 g/mol. The lowest BCUT2D eigenvalue weighted by atomic mass is 9.96. The largest absolute Gasteiger partial charge is 0.490 e. The minimum absolute atomic E-state index is 0.113. The number of halogens is 1. The highest BCUT2D eigenvalue weighted by atomic mass is 35.5. The summed E-state index contributed by atoms with van der Waals surface area (Å²) < 4.78 is 12.0. The van der Waals surface area contributed by atoms with Crippen LogP contribution in [0, 0.1) is 10.1 Å². The molecule has 2 aromatic carbocycles. The molecule has 1 unspecified atom stereocenters. The molecule has 0 radical (unpaired) electrons. The van der Waals surface area contributed by atoms with Crippen LogP contribution in [0.4, 0.5) is 5.69 Å². The number of carbonyl (C=O) groups excluding carboxylic acids is 1. The summed E-state index contributed by atoms with van der Waals surface area (Å²) in [5.41, 5.74) is 1.01. The molecule has 1 atom stereocenters. The summed E-state index contributed by atoms with van der Waals surface area (Å²) in [5, 5.41) is 11.8. The Hall–Kier alpha value is -3.76. The van der Waals surface area contributed by atoms with Crippen LogP contribution in [0.3, 0.4) is 0 Å². The van der Waals surface area contributed by atoms with Gasteiger partial charge < -0.3 is 9.47 Å². The molecule has 1 aliphatic rings. The van der Waals surface area contributed by atoms with Gasteiger partial charge in [-0.05, 0) is 43.2 Å². The Kier molecular flexibility index (Phi) is 6.86. The first-order chi connectivity index (χ1) is 16.8. The molecule has 0 saturated heterocycles. The van der Waals surface area contributed by atoms with Gasteiger partial charge in [0.1, 0.15) is 6.04 Å². The van der Waals surface area contributed by atoms with Crippen molar-refractivity contribution in [3.8, 4) is 5.75 Å². The standard InChI is InChI=1S/C24H20ClN3O6S/c1-4-34-23(30)20-13(2)26-24-27(21(20)15-7-5-6-8-16(15)25)22(29)19(35-24)12-14-9-10-18(33-3)17(11-14)28(31)32/h5-12,21H,4H2,1-3H3/b19-12-. The van der Waals surface area contributed by atoms with Crippen molar-refractivity contribution in [2.45, 2.75) is 19.9 Å². The molecular formula is C24H20ClN3O6S. The minimum atomic E-state index is -0.841. The molecule has 35 heavy (non-hydrogen) atoms. The topological polar surface area (TPSA) is 113 Å². The molecule has 0 N–H and O–H groups in total. The van der Waals surface area contributed by atoms with E-state index in [0.29, 0.717) is 26.6 Å². The number of hydrogen-bond acceptors (Lipinski definition) is 8. The molecule has 3 aromatic rings. The lowest BCUT2D eigenvalue weighted by Gasteiger charge is -2.25. The number of hydrogen-bond donors (Lipinski definition) is 0. The number of rotatable bonds is 6. The Morgan fingerprint density at radius 2 is 2.06 bits per heavy atom. The van der Waals surface area contributed by atoms with Crippen LogP contribution in [0.15, 0.2) is 63.5 Å². The second-order valence-electron chi connectivity index (χ2n) is 7.51. The summed E-state index contributed by atoms with van der Waals surface area (Å²) in [6.07, 6.45) is 1.54. The molecular weight excluding hydrogens is 494 g/mol. The van der Waals surface area contributed by atoms with Gasteiger partial charge in [-0.15, -0.1) is 0 Å². The third kappa shape index (κ3) is 4.50. The van der Waals surface area contributed by atoms with Crippen molar-refractivity contribution in [3.05, 3.63) is 99.7 Å². The first-order valence-electron chi connectivity index (χ1n) is 10.5. The molecule has 0 saturated carbocycles. The molecule has 9 nitrogen and oxygen atoms in total. The third-order valence-electron chi connectivity index (χ3n) is 5.41. The van der Waals surface area contributed by atoms with E-state index >= 15 is 0 Å². The van der Waals surface area contributed by atoms with Gasteiger partial charge in [-0.1, -0.05) is 47.2 Å². The quantitative estimate of drug-likeness (QED) is 0.284. The molecule has 2 heterocycles. The number of nitro groups is 1. The molecule has 0 aliphatic carbocycles. The van der Waals surface area contributed by atoms with E-state index < -0.39 is 22.5 Å². The highest BCUT2D eigenvalue weighted by Crippen LogP contribution is 2.34. The second-order valence-corrected chi connectivity index (χ2v) is 8.93. The lowest BCUT2D eigenvalue weighted by molar-refractivity contribution is -0.385. The fourth-order valence-electron chi connectivity index (χ4n) is 3.87. The molecule has 4 rings (SSSR count). The van der Waals surface area contributed by atoms with Crippen LogP contribution in [-0.4, -0.2) is 29.2 Å². The Labute approximate surface area is 208 Å². The Bertz CT molecular complexity index is 1560. The number of nitrogens with zero attached hydrogens (tertiary/aromatic N) is 3. The number of ether oxygens (including phenoxy) is 2. The van der Waals surface area contributed by atoms with E-state index in [-0.39, 0.29) is 28.1 Å². The van der Waals surface area contributed by atoms with Crippen molar-refractivity contribution < 1.29 is 19.2 Å². The SMILES string of the molecule is CCOC(=O)C1=C(C)N=c2s/c(=C\c3ccc(OC)c([N+](=O)[O-])c3)c(=O)n2C1c1ccccc1Cl. The second kappa shape index (κ2) is 9.85. The number of aromatic nitrogens is 1. The van der Waals surface area contributed by atoms with Gasteiger partial charge in [0.25, 0.3) is 5.56 Å². The predicted molar refractivity (Wildman–Crippen MR) is 131 cm³/mol. The maximum atomic E-state index is 13.6. The lowest BCUT2D eigenvalue weighted by Crippen LogP contribution is -2.40. The van der Waals surface area contributed by atoms with Crippen LogP contribution in [0.1, 0.15) is 31.0 Å². The van der Waals surface area contributed by atoms with Gasteiger partial charge in [0.15, 0.2) is 10.6 Å². The maximum Gasteiger partial charge on any atom is 0.338 e. The summed E-state index contributed by atoms with van der Waals surface area (Å²) in [7, 11) is 1.35. The van der Waals surface area contributed by atoms with Crippen LogP contribution in [0.25, 0.3) is 6.08 Å². The van der Waals surface area contributed by atoms with Gasteiger partial charge in [-0.2, -0.15) is 0 Å². The first-order valence-corrected chi connectivity index (χ1v) is 11.7. The maximum absolute atomic E-state index is 13.6. The number of fused-ring (bicyclic) bond motifs is 1. The summed E-state index contributed by atoms with van der Waals surface area (Å²) in [4.78, 5) is 42.2. The number of thiazole rings is 1. The fraction of sp³-hybridized carbons (Fsp3) is 0.208. The Morgan fingerprint density at radius 3 is 2.71 bits per heavy atom. The average Bonchev–Trinajstić information content (AvgIpc) is 3.13. The van der Waals surface area contributed by atoms with E-state index in [1.807, 2.05) is 0 Å². The number of esters is 1. The number of methoxy groups -OCH3 is 1. The van der Waals surface area contributed by atoms with Gasteiger partial charge in [-0.3, -0.25) is 19.5 Å². The Balaban J connectivity index is 1.96. The molecule has 0 amide bonds. The van der Waals surface area contributed by atoms with Crippen molar-refractivity contribution in [2.24, 2.45) is 4.99 Å². The molecule has 1 aliphatic heterocycles. The van der Waals surface area contributed by atoms with E-state index in [4.69, 9.17) is 21.1 Å². The fourth-order valence-corrected chi connectivity index (χ4v) is 5.16. The third-order valence-corrected chi connectivity index (χ3v) is 6.74. The van der Waals surface area contributed by atoms with Crippen LogP contribution >= 0.6 is 22.9 Å². The van der Waals surface area contributed by atoms with E-state index in [2.05, 4.69) is 4.99 Å². The first kappa shape index (κ1) is 24.4. The molecule has 180 valence electrons. The summed E-state index contributed by atoms with van der Waals surface area (Å²) >= 11 is 7.60. The highest BCUT2D eigenvalue weighted by molar-refractivity contribution is 7.07. The van der Waals surface area contributed by atoms with Crippen LogP contribution in [-0.2, 0) is 9.53 Å². The molecule has 0 fully saturated rings. The zero-order chi connectivity index (χ0) is 25.3. The van der Waals surface area contributed by atoms with Crippen molar-refractivity contribution >= 4 is 40.7 Å². The highest BCUT2D eigenvalue weighted by Gasteiger charge is 2.34. The minimum Gasteiger partial charge on any atom is -0.490 e. The zero-order valence-corrected chi connectivity index (χ0v) is 20.6. The van der Waals surface area contributed by atoms with Crippen molar-refractivity contribution in [3.63, 3.8) is 0 Å². The summed E-state index contributed by atoms with van der Waals surface area (Å²) in [6.45, 7) is 3.53. The Morgan fingerprint density at radius 1 is 1.31 bits per heavy atom.